The van der Waals surface area contributed by atoms with Crippen LogP contribution in [0.5, 0.6) is 0 Å². The van der Waals surface area contributed by atoms with Crippen molar-refractivity contribution < 1.29 is 9.59 Å². The second kappa shape index (κ2) is 8.08. The van der Waals surface area contributed by atoms with Crippen molar-refractivity contribution in [2.45, 2.75) is 53.1 Å². The van der Waals surface area contributed by atoms with Crippen molar-refractivity contribution in [1.29, 1.82) is 0 Å². The molecule has 2 unspecified atom stereocenters. The Kier molecular flexibility index (Phi) is 7.59. The van der Waals surface area contributed by atoms with E-state index in [0.29, 0.717) is 12.5 Å². The zero-order valence-electron chi connectivity index (χ0n) is 12.1. The first kappa shape index (κ1) is 16.9. The summed E-state index contributed by atoms with van der Waals surface area (Å²) in [5.74, 6) is 0.311. The van der Waals surface area contributed by atoms with Crippen LogP contribution < -0.4 is 16.4 Å². The van der Waals surface area contributed by atoms with Crippen LogP contribution in [0.3, 0.4) is 0 Å². The third kappa shape index (κ3) is 7.27. The summed E-state index contributed by atoms with van der Waals surface area (Å²) in [5, 5.41) is 5.44. The van der Waals surface area contributed by atoms with Gasteiger partial charge in [-0.1, -0.05) is 27.7 Å². The van der Waals surface area contributed by atoms with Crippen LogP contribution in [0, 0.1) is 11.8 Å². The Bertz CT molecular complexity index is 277. The molecule has 0 aliphatic heterocycles. The minimum absolute atomic E-state index is 0.157. The van der Waals surface area contributed by atoms with Crippen LogP contribution in [0.1, 0.15) is 41.0 Å². The quantitative estimate of drug-likeness (QED) is 0.625. The Morgan fingerprint density at radius 1 is 1.11 bits per heavy atom. The number of nitrogens with one attached hydrogen (secondary N) is 2. The van der Waals surface area contributed by atoms with E-state index in [2.05, 4.69) is 10.6 Å². The van der Waals surface area contributed by atoms with Crippen molar-refractivity contribution in [2.24, 2.45) is 17.6 Å². The summed E-state index contributed by atoms with van der Waals surface area (Å²) in [6.45, 7) is 10.3. The molecule has 4 N–H and O–H groups in total. The molecule has 0 aromatic carbocycles. The fraction of sp³-hybridized carbons (Fsp3) is 0.846. The van der Waals surface area contributed by atoms with Crippen LogP contribution in [0.25, 0.3) is 0 Å². The molecule has 0 aliphatic carbocycles. The predicted molar refractivity (Wildman–Crippen MR) is 72.9 cm³/mol. The summed E-state index contributed by atoms with van der Waals surface area (Å²) < 4.78 is 0. The number of hydrogen-bond acceptors (Lipinski definition) is 3. The summed E-state index contributed by atoms with van der Waals surface area (Å²) in [4.78, 5) is 23.3. The molecule has 0 bridgehead atoms. The molecule has 0 radical (unpaired) electrons. The average molecular weight is 257 g/mol. The van der Waals surface area contributed by atoms with Crippen LogP contribution in [-0.4, -0.2) is 30.4 Å². The van der Waals surface area contributed by atoms with Gasteiger partial charge in [0.1, 0.15) is 6.04 Å². The van der Waals surface area contributed by atoms with Crippen LogP contribution in [0.2, 0.25) is 0 Å². The zero-order chi connectivity index (χ0) is 14.3. The lowest BCUT2D eigenvalue weighted by Gasteiger charge is -2.18. The van der Waals surface area contributed by atoms with E-state index in [4.69, 9.17) is 5.73 Å². The third-order valence-electron chi connectivity index (χ3n) is 2.73. The number of carbonyl (C=O) groups is 2. The highest BCUT2D eigenvalue weighted by molar-refractivity contribution is 5.87. The number of nitrogens with two attached hydrogens (primary N) is 1. The van der Waals surface area contributed by atoms with Crippen LogP contribution >= 0.6 is 0 Å². The molecular weight excluding hydrogens is 230 g/mol. The van der Waals surface area contributed by atoms with E-state index in [-0.39, 0.29) is 30.2 Å². The van der Waals surface area contributed by atoms with Gasteiger partial charge in [0, 0.05) is 19.0 Å². The Labute approximate surface area is 110 Å². The second-order valence-electron chi connectivity index (χ2n) is 5.54. The maximum atomic E-state index is 11.6. The van der Waals surface area contributed by atoms with Gasteiger partial charge in [0.2, 0.25) is 11.8 Å². The highest BCUT2D eigenvalue weighted by Gasteiger charge is 2.18. The number of rotatable bonds is 7. The molecule has 0 saturated heterocycles. The molecule has 0 aromatic heterocycles. The average Bonchev–Trinajstić information content (AvgIpc) is 2.24. The number of amides is 2. The Morgan fingerprint density at radius 2 is 1.67 bits per heavy atom. The molecule has 18 heavy (non-hydrogen) atoms. The SMILES string of the molecule is CC(C)CNC(=O)C(C)NC(=O)CC(N)C(C)C. The summed E-state index contributed by atoms with van der Waals surface area (Å²) in [7, 11) is 0. The normalized spacial score (nSPS) is 14.4. The van der Waals surface area contributed by atoms with Crippen LogP contribution in [-0.2, 0) is 9.59 Å². The Morgan fingerprint density at radius 3 is 2.11 bits per heavy atom. The Balaban J connectivity index is 4.03. The van der Waals surface area contributed by atoms with Crippen LogP contribution in [0.15, 0.2) is 0 Å². The van der Waals surface area contributed by atoms with Crippen molar-refractivity contribution in [1.82, 2.24) is 10.6 Å². The van der Waals surface area contributed by atoms with Crippen molar-refractivity contribution in [3.05, 3.63) is 0 Å². The maximum absolute atomic E-state index is 11.6. The molecule has 5 nitrogen and oxygen atoms in total. The first-order valence-corrected chi connectivity index (χ1v) is 6.56. The van der Waals surface area contributed by atoms with Gasteiger partial charge < -0.3 is 16.4 Å². The predicted octanol–water partition coefficient (Wildman–Crippen LogP) is 0.637. The summed E-state index contributed by atoms with van der Waals surface area (Å²) in [6, 6.07) is -0.688. The van der Waals surface area contributed by atoms with E-state index in [1.54, 1.807) is 6.92 Å². The lowest BCUT2D eigenvalue weighted by atomic mass is 10.0. The molecule has 0 rings (SSSR count). The van der Waals surface area contributed by atoms with Gasteiger partial charge in [0.15, 0.2) is 0 Å². The topological polar surface area (TPSA) is 84.2 Å². The molecule has 0 spiro atoms. The van der Waals surface area contributed by atoms with Gasteiger partial charge in [-0.15, -0.1) is 0 Å². The number of carbonyl (C=O) groups excluding carboxylic acids is 2. The molecule has 0 saturated carbocycles. The monoisotopic (exact) mass is 257 g/mol. The molecule has 0 heterocycles. The first-order chi connectivity index (χ1) is 8.23. The standard InChI is InChI=1S/C13H27N3O2/c1-8(2)7-15-13(18)10(5)16-12(17)6-11(14)9(3)4/h8-11H,6-7,14H2,1-5H3,(H,15,18)(H,16,17). The van der Waals surface area contributed by atoms with Crippen LogP contribution in [0.4, 0.5) is 0 Å². The van der Waals surface area contributed by atoms with E-state index in [9.17, 15) is 9.59 Å². The van der Waals surface area contributed by atoms with E-state index in [0.717, 1.165) is 0 Å². The van der Waals surface area contributed by atoms with Crippen molar-refractivity contribution in [2.75, 3.05) is 6.54 Å². The molecular formula is C13H27N3O2. The fourth-order valence-corrected chi connectivity index (χ4v) is 1.27. The molecule has 2 amide bonds. The largest absolute Gasteiger partial charge is 0.354 e. The molecule has 0 aliphatic rings. The van der Waals surface area contributed by atoms with E-state index < -0.39 is 6.04 Å². The molecule has 5 heteroatoms. The fourth-order valence-electron chi connectivity index (χ4n) is 1.27. The van der Waals surface area contributed by atoms with Gasteiger partial charge in [-0.25, -0.2) is 0 Å². The van der Waals surface area contributed by atoms with E-state index in [1.807, 2.05) is 27.7 Å². The van der Waals surface area contributed by atoms with Crippen molar-refractivity contribution >= 4 is 11.8 Å². The zero-order valence-corrected chi connectivity index (χ0v) is 12.1. The minimum Gasteiger partial charge on any atom is -0.354 e. The highest BCUT2D eigenvalue weighted by Crippen LogP contribution is 2.02. The maximum Gasteiger partial charge on any atom is 0.242 e. The second-order valence-corrected chi connectivity index (χ2v) is 5.54. The van der Waals surface area contributed by atoms with E-state index >= 15 is 0 Å². The lowest BCUT2D eigenvalue weighted by molar-refractivity contribution is -0.128. The number of hydrogen-bond donors (Lipinski definition) is 3. The first-order valence-electron chi connectivity index (χ1n) is 6.56. The highest BCUT2D eigenvalue weighted by atomic mass is 16.2. The van der Waals surface area contributed by atoms with Crippen molar-refractivity contribution in [3.63, 3.8) is 0 Å². The van der Waals surface area contributed by atoms with E-state index in [1.165, 1.54) is 0 Å². The van der Waals surface area contributed by atoms with Gasteiger partial charge >= 0.3 is 0 Å². The molecule has 106 valence electrons. The summed E-state index contributed by atoms with van der Waals surface area (Å²) in [6.07, 6.45) is 0.249. The third-order valence-corrected chi connectivity index (χ3v) is 2.73. The molecule has 0 aromatic rings. The summed E-state index contributed by atoms with van der Waals surface area (Å²) >= 11 is 0. The Hall–Kier alpha value is -1.10. The van der Waals surface area contributed by atoms with Gasteiger partial charge in [-0.2, -0.15) is 0 Å². The lowest BCUT2D eigenvalue weighted by Crippen LogP contribution is -2.47. The van der Waals surface area contributed by atoms with Gasteiger partial charge in [0.25, 0.3) is 0 Å². The van der Waals surface area contributed by atoms with Gasteiger partial charge in [-0.05, 0) is 18.8 Å². The van der Waals surface area contributed by atoms with Gasteiger partial charge in [-0.3, -0.25) is 9.59 Å². The van der Waals surface area contributed by atoms with Gasteiger partial charge in [0.05, 0.1) is 0 Å². The summed E-state index contributed by atoms with van der Waals surface area (Å²) in [5.41, 5.74) is 5.81. The van der Waals surface area contributed by atoms with Crippen molar-refractivity contribution in [3.8, 4) is 0 Å². The molecule has 2 atom stereocenters. The minimum atomic E-state index is -0.518. The smallest absolute Gasteiger partial charge is 0.242 e. The molecule has 0 fully saturated rings.